The summed E-state index contributed by atoms with van der Waals surface area (Å²) in [6, 6.07) is 12.3. The number of sulfonamides is 1. The van der Waals surface area contributed by atoms with Gasteiger partial charge in [-0.2, -0.15) is 0 Å². The molecule has 0 heterocycles. The van der Waals surface area contributed by atoms with Crippen LogP contribution in [0.1, 0.15) is 55.9 Å². The van der Waals surface area contributed by atoms with Crippen LogP contribution in [0.4, 0.5) is 5.69 Å². The van der Waals surface area contributed by atoms with E-state index < -0.39 is 22.0 Å². The number of carbonyl (C=O) groups excluding carboxylic acids is 2. The van der Waals surface area contributed by atoms with Gasteiger partial charge in [0.15, 0.2) is 0 Å². The van der Waals surface area contributed by atoms with E-state index in [-0.39, 0.29) is 25.0 Å². The first-order valence-corrected chi connectivity index (χ1v) is 13.9. The third-order valence-corrected chi connectivity index (χ3v) is 7.64. The molecule has 0 fully saturated rings. The van der Waals surface area contributed by atoms with Crippen molar-refractivity contribution in [1.82, 2.24) is 10.2 Å². The van der Waals surface area contributed by atoms with Crippen molar-refractivity contribution in [3.8, 4) is 0 Å². The summed E-state index contributed by atoms with van der Waals surface area (Å²) >= 11 is 0. The van der Waals surface area contributed by atoms with Gasteiger partial charge in [0.2, 0.25) is 21.8 Å². The number of aryl methyl sites for hydroxylation is 2. The van der Waals surface area contributed by atoms with Crippen molar-refractivity contribution < 1.29 is 18.0 Å². The van der Waals surface area contributed by atoms with Gasteiger partial charge >= 0.3 is 0 Å². The lowest BCUT2D eigenvalue weighted by molar-refractivity contribution is -0.140. The fourth-order valence-corrected chi connectivity index (χ4v) is 4.83. The molecule has 2 atom stereocenters. The molecular weight excluding hydrogens is 462 g/mol. The summed E-state index contributed by atoms with van der Waals surface area (Å²) in [4.78, 5) is 28.5. The van der Waals surface area contributed by atoms with E-state index in [0.29, 0.717) is 12.1 Å². The molecule has 2 aromatic rings. The third-order valence-electron chi connectivity index (χ3n) is 6.51. The number of amides is 2. The molecule has 35 heavy (non-hydrogen) atoms. The van der Waals surface area contributed by atoms with Gasteiger partial charge in [-0.25, -0.2) is 8.42 Å². The zero-order valence-electron chi connectivity index (χ0n) is 22.0. The van der Waals surface area contributed by atoms with Crippen molar-refractivity contribution in [2.24, 2.45) is 0 Å². The van der Waals surface area contributed by atoms with E-state index in [2.05, 4.69) is 5.32 Å². The highest BCUT2D eigenvalue weighted by atomic mass is 32.2. The second-order valence-electron chi connectivity index (χ2n) is 9.18. The topological polar surface area (TPSA) is 86.8 Å². The largest absolute Gasteiger partial charge is 0.352 e. The molecule has 8 heteroatoms. The molecule has 0 saturated carbocycles. The SMILES string of the molecule is CC[C@@H](C)NC(=O)[C@@H](CC)N(Cc1ccccc1C)C(=O)CN(c1cccc(C)c1C)S(C)(=O)=O. The fourth-order valence-electron chi connectivity index (χ4n) is 3.93. The van der Waals surface area contributed by atoms with Crippen LogP contribution in [0.3, 0.4) is 0 Å². The van der Waals surface area contributed by atoms with Crippen LogP contribution < -0.4 is 9.62 Å². The first kappa shape index (κ1) is 28.4. The summed E-state index contributed by atoms with van der Waals surface area (Å²) in [5.41, 5.74) is 4.09. The number of hydrogen-bond donors (Lipinski definition) is 1. The molecule has 1 N–H and O–H groups in total. The van der Waals surface area contributed by atoms with E-state index in [9.17, 15) is 18.0 Å². The highest BCUT2D eigenvalue weighted by molar-refractivity contribution is 7.92. The maximum atomic E-state index is 13.8. The predicted molar refractivity (Wildman–Crippen MR) is 142 cm³/mol. The van der Waals surface area contributed by atoms with Crippen LogP contribution in [0.25, 0.3) is 0 Å². The van der Waals surface area contributed by atoms with Crippen LogP contribution in [-0.2, 0) is 26.2 Å². The maximum absolute atomic E-state index is 13.8. The van der Waals surface area contributed by atoms with E-state index in [1.807, 2.05) is 71.9 Å². The number of benzene rings is 2. The molecule has 0 aliphatic rings. The monoisotopic (exact) mass is 501 g/mol. The summed E-state index contributed by atoms with van der Waals surface area (Å²) in [6.45, 7) is 11.3. The number of anilines is 1. The Morgan fingerprint density at radius 2 is 1.57 bits per heavy atom. The summed E-state index contributed by atoms with van der Waals surface area (Å²) < 4.78 is 26.7. The fraction of sp³-hybridized carbons (Fsp3) is 0.481. The van der Waals surface area contributed by atoms with E-state index in [4.69, 9.17) is 0 Å². The second kappa shape index (κ2) is 12.2. The van der Waals surface area contributed by atoms with Crippen LogP contribution in [0.15, 0.2) is 42.5 Å². The molecule has 0 aliphatic carbocycles. The van der Waals surface area contributed by atoms with Gasteiger partial charge in [-0.1, -0.05) is 50.2 Å². The highest BCUT2D eigenvalue weighted by Gasteiger charge is 2.32. The van der Waals surface area contributed by atoms with E-state index in [0.717, 1.165) is 39.2 Å². The summed E-state index contributed by atoms with van der Waals surface area (Å²) in [7, 11) is -3.76. The lowest BCUT2D eigenvalue weighted by atomic mass is 10.1. The Morgan fingerprint density at radius 1 is 0.943 bits per heavy atom. The number of rotatable bonds is 11. The molecule has 0 spiro atoms. The first-order valence-electron chi connectivity index (χ1n) is 12.1. The molecule has 2 rings (SSSR count). The predicted octanol–water partition coefficient (Wildman–Crippen LogP) is 4.10. The molecule has 0 bridgehead atoms. The lowest BCUT2D eigenvalue weighted by Gasteiger charge is -2.34. The van der Waals surface area contributed by atoms with Crippen LogP contribution in [0, 0.1) is 20.8 Å². The minimum absolute atomic E-state index is 0.0329. The Morgan fingerprint density at radius 3 is 2.14 bits per heavy atom. The zero-order valence-corrected chi connectivity index (χ0v) is 22.8. The number of hydrogen-bond acceptors (Lipinski definition) is 4. The van der Waals surface area contributed by atoms with Gasteiger partial charge in [-0.05, 0) is 68.9 Å². The van der Waals surface area contributed by atoms with Gasteiger partial charge in [0.25, 0.3) is 0 Å². The number of nitrogens with zero attached hydrogens (tertiary/aromatic N) is 2. The maximum Gasteiger partial charge on any atom is 0.244 e. The van der Waals surface area contributed by atoms with Gasteiger partial charge < -0.3 is 10.2 Å². The summed E-state index contributed by atoms with van der Waals surface area (Å²) in [6.07, 6.45) is 2.27. The van der Waals surface area contributed by atoms with Crippen LogP contribution in [0.5, 0.6) is 0 Å². The van der Waals surface area contributed by atoms with Crippen molar-refractivity contribution in [3.63, 3.8) is 0 Å². The molecule has 0 radical (unpaired) electrons. The Balaban J connectivity index is 2.50. The Kier molecular flexibility index (Phi) is 9.89. The summed E-state index contributed by atoms with van der Waals surface area (Å²) in [5, 5.41) is 2.98. The third kappa shape index (κ3) is 7.31. The van der Waals surface area contributed by atoms with Crippen molar-refractivity contribution in [3.05, 3.63) is 64.7 Å². The molecule has 0 unspecified atom stereocenters. The Bertz CT molecular complexity index is 1150. The quantitative estimate of drug-likeness (QED) is 0.502. The van der Waals surface area contributed by atoms with Crippen molar-refractivity contribution in [2.45, 2.75) is 73.0 Å². The zero-order chi connectivity index (χ0) is 26.3. The number of carbonyl (C=O) groups is 2. The van der Waals surface area contributed by atoms with Crippen molar-refractivity contribution in [2.75, 3.05) is 17.1 Å². The van der Waals surface area contributed by atoms with E-state index in [1.165, 1.54) is 4.90 Å². The minimum atomic E-state index is -3.76. The van der Waals surface area contributed by atoms with Crippen LogP contribution >= 0.6 is 0 Å². The molecule has 0 aliphatic heterocycles. The van der Waals surface area contributed by atoms with Gasteiger partial charge in [-0.15, -0.1) is 0 Å². The molecule has 0 aromatic heterocycles. The average molecular weight is 502 g/mol. The van der Waals surface area contributed by atoms with E-state index >= 15 is 0 Å². The van der Waals surface area contributed by atoms with Gasteiger partial charge in [0.05, 0.1) is 11.9 Å². The van der Waals surface area contributed by atoms with Crippen molar-refractivity contribution in [1.29, 1.82) is 0 Å². The Hall–Kier alpha value is -2.87. The highest BCUT2D eigenvalue weighted by Crippen LogP contribution is 2.26. The smallest absolute Gasteiger partial charge is 0.244 e. The lowest BCUT2D eigenvalue weighted by Crippen LogP contribution is -2.53. The molecular formula is C27H39N3O4S. The second-order valence-corrected chi connectivity index (χ2v) is 11.1. The number of nitrogens with one attached hydrogen (secondary N) is 1. The van der Waals surface area contributed by atoms with E-state index in [1.54, 1.807) is 12.1 Å². The summed E-state index contributed by atoms with van der Waals surface area (Å²) in [5.74, 6) is -0.660. The molecule has 2 amide bonds. The van der Waals surface area contributed by atoms with Gasteiger partial charge in [0, 0.05) is 12.6 Å². The van der Waals surface area contributed by atoms with Crippen LogP contribution in [0.2, 0.25) is 0 Å². The van der Waals surface area contributed by atoms with Crippen LogP contribution in [-0.4, -0.2) is 50.0 Å². The van der Waals surface area contributed by atoms with Gasteiger partial charge in [-0.3, -0.25) is 13.9 Å². The molecule has 0 saturated heterocycles. The average Bonchev–Trinajstić information content (AvgIpc) is 2.79. The first-order chi connectivity index (χ1) is 16.4. The standard InChI is InChI=1S/C27H39N3O4S/c1-8-21(5)28-27(32)24(9-2)29(17-23-15-11-10-13-20(23)4)26(31)18-30(35(7,33)34)25-16-12-14-19(3)22(25)6/h10-16,21,24H,8-9,17-18H2,1-7H3,(H,28,32)/t21-,24-/m1/s1. The van der Waals surface area contributed by atoms with Crippen molar-refractivity contribution >= 4 is 27.5 Å². The molecule has 7 nitrogen and oxygen atoms in total. The molecule has 192 valence electrons. The molecule has 2 aromatic carbocycles. The normalized spacial score (nSPS) is 13.1. The van der Waals surface area contributed by atoms with Gasteiger partial charge in [0.1, 0.15) is 12.6 Å². The minimum Gasteiger partial charge on any atom is -0.352 e. The Labute approximate surface area is 210 Å².